The molecule has 2 aromatic rings. The number of amides is 1. The van der Waals surface area contributed by atoms with Gasteiger partial charge in [0, 0.05) is 18.8 Å². The minimum atomic E-state index is -0.393. The van der Waals surface area contributed by atoms with Crippen molar-refractivity contribution in [3.05, 3.63) is 52.6 Å². The van der Waals surface area contributed by atoms with E-state index in [0.717, 1.165) is 0 Å². The second-order valence-electron chi connectivity index (χ2n) is 3.54. The van der Waals surface area contributed by atoms with Gasteiger partial charge in [-0.05, 0) is 25.1 Å². The number of nitrogens with zero attached hydrogens (tertiary/aromatic N) is 3. The molecule has 18 heavy (non-hydrogen) atoms. The second-order valence-corrected chi connectivity index (χ2v) is 3.54. The molecule has 2 rings (SSSR count). The Balaban J connectivity index is 2.22. The van der Waals surface area contributed by atoms with Gasteiger partial charge in [0.15, 0.2) is 0 Å². The summed E-state index contributed by atoms with van der Waals surface area (Å²) in [7, 11) is 0. The summed E-state index contributed by atoms with van der Waals surface area (Å²) in [4.78, 5) is 27.2. The van der Waals surface area contributed by atoms with Crippen LogP contribution in [-0.4, -0.2) is 20.7 Å². The molecule has 6 nitrogen and oxygen atoms in total. The van der Waals surface area contributed by atoms with E-state index in [4.69, 9.17) is 0 Å². The molecule has 1 N–H and O–H groups in total. The first-order valence-electron chi connectivity index (χ1n) is 5.51. The van der Waals surface area contributed by atoms with Crippen LogP contribution in [0.15, 0.2) is 41.3 Å². The molecule has 0 aliphatic carbocycles. The summed E-state index contributed by atoms with van der Waals surface area (Å²) in [5.74, 6) is 0.0504. The molecule has 0 aliphatic rings. The van der Waals surface area contributed by atoms with Gasteiger partial charge in [0.1, 0.15) is 11.5 Å². The van der Waals surface area contributed by atoms with Crippen molar-refractivity contribution in [2.45, 2.75) is 13.5 Å². The maximum absolute atomic E-state index is 11.9. The summed E-state index contributed by atoms with van der Waals surface area (Å²) in [6.45, 7) is 2.21. The fourth-order valence-electron chi connectivity index (χ4n) is 1.41. The molecule has 0 fully saturated rings. The number of hydrogen-bond acceptors (Lipinski definition) is 4. The fourth-order valence-corrected chi connectivity index (χ4v) is 1.41. The normalized spacial score (nSPS) is 10.1. The summed E-state index contributed by atoms with van der Waals surface area (Å²) >= 11 is 0. The van der Waals surface area contributed by atoms with Crippen LogP contribution in [0.3, 0.4) is 0 Å². The molecule has 92 valence electrons. The molecular formula is C12H12N4O2. The molecule has 0 bridgehead atoms. The van der Waals surface area contributed by atoms with E-state index in [1.54, 1.807) is 31.3 Å². The van der Waals surface area contributed by atoms with Crippen molar-refractivity contribution in [2.75, 3.05) is 5.32 Å². The van der Waals surface area contributed by atoms with Crippen LogP contribution < -0.4 is 10.9 Å². The standard InChI is InChI=1S/C12H12N4O2/c1-2-16-11(17)7-6-9(15-16)12(18)14-10-5-3-4-8-13-10/h3-8H,2H2,1H3,(H,13,14,18). The van der Waals surface area contributed by atoms with Crippen molar-refractivity contribution < 1.29 is 4.79 Å². The molecule has 0 saturated heterocycles. The lowest BCUT2D eigenvalue weighted by molar-refractivity contribution is 0.101. The molecule has 0 unspecified atom stereocenters. The van der Waals surface area contributed by atoms with Gasteiger partial charge in [-0.3, -0.25) is 9.59 Å². The number of hydrogen-bond donors (Lipinski definition) is 1. The maximum atomic E-state index is 11.9. The average Bonchev–Trinajstić information content (AvgIpc) is 2.40. The lowest BCUT2D eigenvalue weighted by atomic mass is 10.3. The second kappa shape index (κ2) is 5.22. The number of pyridine rings is 1. The van der Waals surface area contributed by atoms with Crippen LogP contribution in [0, 0.1) is 0 Å². The van der Waals surface area contributed by atoms with Crippen LogP contribution in [0.4, 0.5) is 5.82 Å². The Morgan fingerprint density at radius 3 is 2.83 bits per heavy atom. The number of carbonyl (C=O) groups excluding carboxylic acids is 1. The average molecular weight is 244 g/mol. The molecular weight excluding hydrogens is 232 g/mol. The lowest BCUT2D eigenvalue weighted by Crippen LogP contribution is -2.25. The molecule has 0 aromatic carbocycles. The number of aromatic nitrogens is 3. The van der Waals surface area contributed by atoms with Crippen LogP contribution in [-0.2, 0) is 6.54 Å². The highest BCUT2D eigenvalue weighted by atomic mass is 16.2. The first-order chi connectivity index (χ1) is 8.70. The topological polar surface area (TPSA) is 76.9 Å². The van der Waals surface area contributed by atoms with Crippen LogP contribution in [0.2, 0.25) is 0 Å². The molecule has 2 heterocycles. The van der Waals surface area contributed by atoms with Crippen molar-refractivity contribution in [1.29, 1.82) is 0 Å². The number of rotatable bonds is 3. The predicted octanol–water partition coefficient (Wildman–Crippen LogP) is 0.911. The van der Waals surface area contributed by atoms with Crippen LogP contribution in [0.1, 0.15) is 17.4 Å². The minimum Gasteiger partial charge on any atom is -0.305 e. The molecule has 0 spiro atoms. The van der Waals surface area contributed by atoms with Gasteiger partial charge in [-0.1, -0.05) is 6.07 Å². The Morgan fingerprint density at radius 1 is 1.33 bits per heavy atom. The van der Waals surface area contributed by atoms with E-state index in [2.05, 4.69) is 15.4 Å². The van der Waals surface area contributed by atoms with Gasteiger partial charge in [0.05, 0.1) is 0 Å². The minimum absolute atomic E-state index is 0.183. The third kappa shape index (κ3) is 2.60. The van der Waals surface area contributed by atoms with Crippen molar-refractivity contribution in [3.8, 4) is 0 Å². The SMILES string of the molecule is CCn1nc(C(=O)Nc2ccccn2)ccc1=O. The lowest BCUT2D eigenvalue weighted by Gasteiger charge is -2.05. The Morgan fingerprint density at radius 2 is 2.17 bits per heavy atom. The van der Waals surface area contributed by atoms with E-state index in [0.29, 0.717) is 12.4 Å². The summed E-state index contributed by atoms with van der Waals surface area (Å²) in [5, 5.41) is 6.55. The first kappa shape index (κ1) is 12.0. The monoisotopic (exact) mass is 244 g/mol. The van der Waals surface area contributed by atoms with E-state index in [1.165, 1.54) is 16.8 Å². The highest BCUT2D eigenvalue weighted by molar-refractivity contribution is 6.02. The van der Waals surface area contributed by atoms with Crippen LogP contribution in [0.5, 0.6) is 0 Å². The quantitative estimate of drug-likeness (QED) is 0.870. The third-order valence-corrected chi connectivity index (χ3v) is 2.31. The maximum Gasteiger partial charge on any atom is 0.277 e. The molecule has 0 atom stereocenters. The summed E-state index contributed by atoms with van der Waals surface area (Å²) in [5.41, 5.74) is -0.0472. The van der Waals surface area contributed by atoms with Crippen molar-refractivity contribution in [2.24, 2.45) is 0 Å². The number of nitrogens with one attached hydrogen (secondary N) is 1. The Labute approximate surface area is 103 Å². The molecule has 0 saturated carbocycles. The molecule has 0 aliphatic heterocycles. The highest BCUT2D eigenvalue weighted by Gasteiger charge is 2.09. The Bertz CT molecular complexity index is 607. The molecule has 1 amide bonds. The van der Waals surface area contributed by atoms with Gasteiger partial charge in [0.25, 0.3) is 11.5 Å². The van der Waals surface area contributed by atoms with Gasteiger partial charge in [-0.15, -0.1) is 0 Å². The van der Waals surface area contributed by atoms with Crippen molar-refractivity contribution >= 4 is 11.7 Å². The Hall–Kier alpha value is -2.50. The van der Waals surface area contributed by atoms with Gasteiger partial charge < -0.3 is 5.32 Å². The van der Waals surface area contributed by atoms with Crippen LogP contribution in [0.25, 0.3) is 0 Å². The summed E-state index contributed by atoms with van der Waals surface area (Å²) in [6.07, 6.45) is 1.58. The van der Waals surface area contributed by atoms with Crippen molar-refractivity contribution in [3.63, 3.8) is 0 Å². The van der Waals surface area contributed by atoms with E-state index in [1.807, 2.05) is 0 Å². The van der Waals surface area contributed by atoms with E-state index in [-0.39, 0.29) is 11.3 Å². The van der Waals surface area contributed by atoms with E-state index in [9.17, 15) is 9.59 Å². The van der Waals surface area contributed by atoms with Gasteiger partial charge in [0.2, 0.25) is 0 Å². The smallest absolute Gasteiger partial charge is 0.277 e. The van der Waals surface area contributed by atoms with Crippen LogP contribution >= 0.6 is 0 Å². The molecule has 2 aromatic heterocycles. The third-order valence-electron chi connectivity index (χ3n) is 2.31. The zero-order chi connectivity index (χ0) is 13.0. The van der Waals surface area contributed by atoms with Gasteiger partial charge in [-0.25, -0.2) is 9.67 Å². The Kier molecular flexibility index (Phi) is 3.47. The molecule has 0 radical (unpaired) electrons. The summed E-state index contributed by atoms with van der Waals surface area (Å²) < 4.78 is 1.23. The summed E-state index contributed by atoms with van der Waals surface area (Å²) in [6, 6.07) is 7.92. The van der Waals surface area contributed by atoms with E-state index < -0.39 is 5.91 Å². The molecule has 6 heteroatoms. The zero-order valence-corrected chi connectivity index (χ0v) is 9.83. The largest absolute Gasteiger partial charge is 0.305 e. The first-order valence-corrected chi connectivity index (χ1v) is 5.51. The predicted molar refractivity (Wildman–Crippen MR) is 66.4 cm³/mol. The number of aryl methyl sites for hydroxylation is 1. The van der Waals surface area contributed by atoms with Gasteiger partial charge in [-0.2, -0.15) is 5.10 Å². The van der Waals surface area contributed by atoms with E-state index >= 15 is 0 Å². The highest BCUT2D eigenvalue weighted by Crippen LogP contribution is 2.02. The van der Waals surface area contributed by atoms with Crippen molar-refractivity contribution in [1.82, 2.24) is 14.8 Å². The number of carbonyl (C=O) groups is 1. The fraction of sp³-hybridized carbons (Fsp3) is 0.167. The number of anilines is 1. The van der Waals surface area contributed by atoms with Gasteiger partial charge >= 0.3 is 0 Å². The zero-order valence-electron chi connectivity index (χ0n) is 9.83.